The molecule has 13 heavy (non-hydrogen) atoms. The molecule has 2 aromatic heterocycles. The maximum absolute atomic E-state index is 12.5. The number of halogens is 1. The van der Waals surface area contributed by atoms with E-state index in [0.29, 0.717) is 16.4 Å². The van der Waals surface area contributed by atoms with E-state index in [-0.39, 0.29) is 0 Å². The van der Waals surface area contributed by atoms with Crippen LogP contribution in [0.25, 0.3) is 10.6 Å². The zero-order chi connectivity index (χ0) is 9.26. The van der Waals surface area contributed by atoms with E-state index in [1.165, 1.54) is 0 Å². The first-order valence-electron chi connectivity index (χ1n) is 3.47. The highest BCUT2D eigenvalue weighted by atomic mass is 32.1. The molecular weight excluding hydrogens is 191 g/mol. The van der Waals surface area contributed by atoms with Gasteiger partial charge in [-0.15, -0.1) is 10.2 Å². The molecule has 4 nitrogen and oxygen atoms in total. The minimum Gasteiger partial charge on any atom is -0.383 e. The molecule has 2 N–H and O–H groups in total. The average Bonchev–Trinajstić information content (AvgIpc) is 2.53. The van der Waals surface area contributed by atoms with E-state index in [2.05, 4.69) is 15.2 Å². The van der Waals surface area contributed by atoms with E-state index in [1.54, 1.807) is 18.3 Å². The number of nitrogen functional groups attached to an aromatic ring is 1. The number of aromatic nitrogens is 3. The Balaban J connectivity index is 2.52. The quantitative estimate of drug-likeness (QED) is 0.747. The van der Waals surface area contributed by atoms with Crippen LogP contribution in [0.1, 0.15) is 0 Å². The molecule has 0 radical (unpaired) electrons. The first kappa shape index (κ1) is 8.06. The van der Waals surface area contributed by atoms with Crippen molar-refractivity contribution in [3.05, 3.63) is 23.6 Å². The number of anilines is 1. The van der Waals surface area contributed by atoms with Crippen LogP contribution in [0.4, 0.5) is 10.2 Å². The number of nitrogens with zero attached hydrogens (tertiary/aromatic N) is 3. The van der Waals surface area contributed by atoms with Gasteiger partial charge in [0.15, 0.2) is 5.01 Å². The van der Waals surface area contributed by atoms with Crippen LogP contribution in [-0.2, 0) is 0 Å². The topological polar surface area (TPSA) is 64.7 Å². The van der Waals surface area contributed by atoms with Crippen LogP contribution in [0.15, 0.2) is 18.3 Å². The fourth-order valence-corrected chi connectivity index (χ4v) is 1.52. The summed E-state index contributed by atoms with van der Waals surface area (Å²) in [5, 5.41) is 6.75. The molecule has 2 heterocycles. The number of hydrogen-bond donors (Lipinski definition) is 1. The molecule has 2 aromatic rings. The van der Waals surface area contributed by atoms with Crippen LogP contribution in [0, 0.1) is 5.26 Å². The van der Waals surface area contributed by atoms with Crippen molar-refractivity contribution in [3.63, 3.8) is 0 Å². The van der Waals surface area contributed by atoms with Crippen molar-refractivity contribution in [2.45, 2.75) is 0 Å². The van der Waals surface area contributed by atoms with Crippen molar-refractivity contribution in [1.82, 2.24) is 15.2 Å². The maximum atomic E-state index is 12.5. The monoisotopic (exact) mass is 196 g/mol. The summed E-state index contributed by atoms with van der Waals surface area (Å²) in [4.78, 5) is 3.86. The van der Waals surface area contributed by atoms with E-state index >= 15 is 0 Å². The molecule has 0 aromatic carbocycles. The molecule has 2 rings (SSSR count). The molecule has 0 amide bonds. The normalized spacial score (nSPS) is 10.2. The fourth-order valence-electron chi connectivity index (χ4n) is 0.913. The van der Waals surface area contributed by atoms with Gasteiger partial charge in [0, 0.05) is 6.20 Å². The summed E-state index contributed by atoms with van der Waals surface area (Å²) in [5.74, 6) is 0.332. The van der Waals surface area contributed by atoms with Crippen LogP contribution < -0.4 is 5.73 Å². The summed E-state index contributed by atoms with van der Waals surface area (Å²) < 4.78 is 12.5. The number of hydrogen-bond acceptors (Lipinski definition) is 5. The third-order valence-electron chi connectivity index (χ3n) is 1.47. The largest absolute Gasteiger partial charge is 0.383 e. The molecule has 0 aliphatic carbocycles. The van der Waals surface area contributed by atoms with Crippen LogP contribution >= 0.6 is 11.3 Å². The van der Waals surface area contributed by atoms with Gasteiger partial charge in [-0.25, -0.2) is 4.98 Å². The average molecular weight is 196 g/mol. The van der Waals surface area contributed by atoms with E-state index in [1.807, 2.05) is 0 Å². The van der Waals surface area contributed by atoms with Crippen molar-refractivity contribution < 1.29 is 4.39 Å². The SMILES string of the molecule is Nc1ncccc1-c1nnc(F)s1. The summed E-state index contributed by atoms with van der Waals surface area (Å²) >= 11 is 0.846. The molecule has 6 heteroatoms. The molecule has 0 unspecified atom stereocenters. The number of rotatable bonds is 1. The Morgan fingerprint density at radius 2 is 2.23 bits per heavy atom. The highest BCUT2D eigenvalue weighted by molar-refractivity contribution is 7.13. The van der Waals surface area contributed by atoms with Crippen molar-refractivity contribution in [2.24, 2.45) is 0 Å². The molecule has 0 bridgehead atoms. The Morgan fingerprint density at radius 1 is 1.38 bits per heavy atom. The van der Waals surface area contributed by atoms with E-state index in [9.17, 15) is 4.39 Å². The smallest absolute Gasteiger partial charge is 0.289 e. The van der Waals surface area contributed by atoms with Gasteiger partial charge >= 0.3 is 0 Å². The molecule has 0 spiro atoms. The molecule has 0 saturated heterocycles. The molecule has 0 fully saturated rings. The standard InChI is InChI=1S/C7H5FN4S/c8-7-12-11-6(13-7)4-2-1-3-10-5(4)9/h1-3H,(H2,9,10). The van der Waals surface area contributed by atoms with Crippen LogP contribution in [0.2, 0.25) is 0 Å². The lowest BCUT2D eigenvalue weighted by molar-refractivity contribution is 0.601. The Labute approximate surface area is 77.3 Å². The summed E-state index contributed by atoms with van der Waals surface area (Å²) in [6.45, 7) is 0. The molecule has 0 aliphatic rings. The summed E-state index contributed by atoms with van der Waals surface area (Å²) in [5.41, 5.74) is 6.18. The van der Waals surface area contributed by atoms with E-state index in [4.69, 9.17) is 5.73 Å². The highest BCUT2D eigenvalue weighted by Crippen LogP contribution is 2.25. The lowest BCUT2D eigenvalue weighted by Gasteiger charge is -1.97. The van der Waals surface area contributed by atoms with Gasteiger partial charge in [0.2, 0.25) is 0 Å². The first-order valence-corrected chi connectivity index (χ1v) is 4.29. The van der Waals surface area contributed by atoms with Crippen molar-refractivity contribution >= 4 is 17.2 Å². The molecular formula is C7H5FN4S. The summed E-state index contributed by atoms with van der Waals surface area (Å²) in [6, 6.07) is 3.44. The number of nitrogens with two attached hydrogens (primary N) is 1. The predicted octanol–water partition coefficient (Wildman–Crippen LogP) is 1.32. The lowest BCUT2D eigenvalue weighted by Crippen LogP contribution is -1.92. The Bertz CT molecular complexity index is 428. The zero-order valence-electron chi connectivity index (χ0n) is 6.44. The summed E-state index contributed by atoms with van der Waals surface area (Å²) in [7, 11) is 0. The lowest BCUT2D eigenvalue weighted by atomic mass is 10.3. The minimum absolute atomic E-state index is 0.332. The van der Waals surface area contributed by atoms with Gasteiger partial charge in [-0.05, 0) is 12.1 Å². The zero-order valence-corrected chi connectivity index (χ0v) is 7.25. The first-order chi connectivity index (χ1) is 6.27. The Morgan fingerprint density at radius 3 is 2.85 bits per heavy atom. The molecule has 0 saturated carbocycles. The van der Waals surface area contributed by atoms with Crippen molar-refractivity contribution in [1.29, 1.82) is 0 Å². The molecule has 66 valence electrons. The fraction of sp³-hybridized carbons (Fsp3) is 0. The molecule has 0 aliphatic heterocycles. The van der Waals surface area contributed by atoms with Gasteiger partial charge in [-0.1, -0.05) is 11.3 Å². The predicted molar refractivity (Wildman–Crippen MR) is 47.5 cm³/mol. The van der Waals surface area contributed by atoms with Gasteiger partial charge in [0.05, 0.1) is 5.56 Å². The third kappa shape index (κ3) is 1.48. The second kappa shape index (κ2) is 3.06. The summed E-state index contributed by atoms with van der Waals surface area (Å²) in [6.07, 6.45) is 1.57. The van der Waals surface area contributed by atoms with Gasteiger partial charge in [0.1, 0.15) is 5.82 Å². The minimum atomic E-state index is -0.571. The Hall–Kier alpha value is -1.56. The number of pyridine rings is 1. The van der Waals surface area contributed by atoms with E-state index in [0.717, 1.165) is 11.3 Å². The van der Waals surface area contributed by atoms with Crippen LogP contribution in [0.3, 0.4) is 0 Å². The van der Waals surface area contributed by atoms with Crippen molar-refractivity contribution in [2.75, 3.05) is 5.73 Å². The van der Waals surface area contributed by atoms with E-state index < -0.39 is 5.26 Å². The van der Waals surface area contributed by atoms with Gasteiger partial charge in [-0.2, -0.15) is 4.39 Å². The van der Waals surface area contributed by atoms with Crippen LogP contribution in [-0.4, -0.2) is 15.2 Å². The molecule has 0 atom stereocenters. The van der Waals surface area contributed by atoms with Crippen LogP contribution in [0.5, 0.6) is 0 Å². The van der Waals surface area contributed by atoms with Crippen molar-refractivity contribution in [3.8, 4) is 10.6 Å². The van der Waals surface area contributed by atoms with Gasteiger partial charge < -0.3 is 5.73 Å². The third-order valence-corrected chi connectivity index (χ3v) is 2.21. The maximum Gasteiger partial charge on any atom is 0.289 e. The second-order valence-electron chi connectivity index (χ2n) is 2.30. The highest BCUT2D eigenvalue weighted by Gasteiger charge is 2.08. The Kier molecular flexibility index (Phi) is 1.90. The van der Waals surface area contributed by atoms with Gasteiger partial charge in [0.25, 0.3) is 5.26 Å². The second-order valence-corrected chi connectivity index (χ2v) is 3.22. The van der Waals surface area contributed by atoms with Gasteiger partial charge in [-0.3, -0.25) is 0 Å².